The number of carbonyl (C=O) groups is 2. The molecule has 0 bridgehead atoms. The number of hydrogen-bond donors (Lipinski definition) is 2. The van der Waals surface area contributed by atoms with Gasteiger partial charge >= 0.3 is 23.5 Å². The second kappa shape index (κ2) is 10.9. The molecule has 11 nitrogen and oxygen atoms in total. The molecule has 0 saturated heterocycles. The van der Waals surface area contributed by atoms with E-state index in [0.29, 0.717) is 35.1 Å². The van der Waals surface area contributed by atoms with Gasteiger partial charge in [0.1, 0.15) is 0 Å². The van der Waals surface area contributed by atoms with E-state index in [-0.39, 0.29) is 34.2 Å². The Morgan fingerprint density at radius 1 is 0.658 bits per heavy atom. The second-order valence-electron chi connectivity index (χ2n) is 9.14. The summed E-state index contributed by atoms with van der Waals surface area (Å²) in [5.41, 5.74) is 2.23. The van der Waals surface area contributed by atoms with E-state index in [1.165, 1.54) is 28.4 Å². The number of methoxy groups -OCH3 is 4. The minimum absolute atomic E-state index is 0.0137. The number of allylic oxidation sites excluding steroid dienone is 4. The van der Waals surface area contributed by atoms with Crippen molar-refractivity contribution in [2.24, 2.45) is 0 Å². The van der Waals surface area contributed by atoms with Gasteiger partial charge in [-0.2, -0.15) is 0 Å². The third-order valence-corrected chi connectivity index (χ3v) is 6.35. The lowest BCUT2D eigenvalue weighted by atomic mass is 9.92. The van der Waals surface area contributed by atoms with Crippen LogP contribution < -0.4 is 0 Å². The van der Waals surface area contributed by atoms with Gasteiger partial charge in [-0.25, -0.2) is 9.59 Å². The van der Waals surface area contributed by atoms with E-state index in [2.05, 4.69) is 4.98 Å². The molecule has 0 saturated carbocycles. The Labute approximate surface area is 221 Å². The summed E-state index contributed by atoms with van der Waals surface area (Å²) in [6.07, 6.45) is 3.21. The highest BCUT2D eigenvalue weighted by molar-refractivity contribution is 5.95. The van der Waals surface area contributed by atoms with E-state index in [4.69, 9.17) is 28.4 Å². The van der Waals surface area contributed by atoms with Crippen molar-refractivity contribution in [1.82, 2.24) is 4.98 Å². The van der Waals surface area contributed by atoms with Crippen LogP contribution in [-0.2, 0) is 28.4 Å². The van der Waals surface area contributed by atoms with Gasteiger partial charge in [0.25, 0.3) is 0 Å². The first kappa shape index (κ1) is 28.7. The van der Waals surface area contributed by atoms with Gasteiger partial charge in [-0.15, -0.1) is 0 Å². The second-order valence-corrected chi connectivity index (χ2v) is 9.14. The predicted molar refractivity (Wildman–Crippen MR) is 133 cm³/mol. The van der Waals surface area contributed by atoms with Gasteiger partial charge in [0.2, 0.25) is 0 Å². The van der Waals surface area contributed by atoms with Gasteiger partial charge in [0, 0.05) is 12.4 Å². The van der Waals surface area contributed by atoms with Crippen LogP contribution in [0.3, 0.4) is 0 Å². The smallest absolute Gasteiger partial charge is 0.342 e. The maximum absolute atomic E-state index is 13.1. The molecule has 1 heterocycles. The Bertz CT molecular complexity index is 1120. The molecule has 0 aromatic carbocycles. The highest BCUT2D eigenvalue weighted by Crippen LogP contribution is 2.41. The summed E-state index contributed by atoms with van der Waals surface area (Å²) in [6, 6.07) is 1.16. The molecule has 0 radical (unpaired) electrons. The van der Waals surface area contributed by atoms with Crippen molar-refractivity contribution in [3.8, 4) is 0 Å². The highest BCUT2D eigenvalue weighted by Gasteiger charge is 2.50. The van der Waals surface area contributed by atoms with Crippen LogP contribution in [-0.4, -0.2) is 67.1 Å². The molecule has 1 aromatic rings. The molecule has 2 N–H and O–H groups in total. The van der Waals surface area contributed by atoms with E-state index in [9.17, 15) is 19.8 Å². The number of nitrogens with zero attached hydrogens (tertiary/aromatic N) is 1. The molecule has 0 atom stereocenters. The summed E-state index contributed by atoms with van der Waals surface area (Å²) in [5.74, 6) is -6.63. The number of hydrogen-bond acceptors (Lipinski definition) is 11. The molecule has 0 amide bonds. The summed E-state index contributed by atoms with van der Waals surface area (Å²) in [5, 5.41) is 22.7. The van der Waals surface area contributed by atoms with E-state index >= 15 is 0 Å². The predicted octanol–water partition coefficient (Wildman–Crippen LogP) is 3.26. The zero-order valence-electron chi connectivity index (χ0n) is 22.8. The molecule has 38 heavy (non-hydrogen) atoms. The summed E-state index contributed by atoms with van der Waals surface area (Å²) < 4.78 is 32.3. The highest BCUT2D eigenvalue weighted by atomic mass is 16.7. The van der Waals surface area contributed by atoms with Crippen LogP contribution in [0.25, 0.3) is 0 Å². The van der Waals surface area contributed by atoms with Crippen molar-refractivity contribution in [2.45, 2.75) is 52.1 Å². The molecule has 2 aliphatic carbocycles. The fraction of sp³-hybridized carbons (Fsp3) is 0.444. The SMILES string of the molecule is COC1=C(C)CC(C)=C(OC)C1(O)OC(=O)c1cncc(C(=O)OC2(O)C(OC)=C(C)CC(C)=C2OC)c1. The normalized spacial score (nSPS) is 18.8. The summed E-state index contributed by atoms with van der Waals surface area (Å²) in [4.78, 5) is 30.2. The number of rotatable bonds is 8. The molecular weight excluding hydrogens is 498 g/mol. The van der Waals surface area contributed by atoms with E-state index in [1.807, 2.05) is 0 Å². The molecule has 206 valence electrons. The molecule has 2 aliphatic rings. The lowest BCUT2D eigenvalue weighted by molar-refractivity contribution is -0.161. The lowest BCUT2D eigenvalue weighted by Crippen LogP contribution is -2.44. The fourth-order valence-corrected chi connectivity index (χ4v) is 4.96. The molecule has 11 heteroatoms. The van der Waals surface area contributed by atoms with Crippen LogP contribution in [0.2, 0.25) is 0 Å². The Hall–Kier alpha value is -3.83. The first-order chi connectivity index (χ1) is 17.9. The van der Waals surface area contributed by atoms with E-state index in [1.54, 1.807) is 27.7 Å². The van der Waals surface area contributed by atoms with Crippen LogP contribution >= 0.6 is 0 Å². The van der Waals surface area contributed by atoms with Crippen LogP contribution in [0.15, 0.2) is 63.8 Å². The third kappa shape index (κ3) is 4.86. The average molecular weight is 532 g/mol. The number of ether oxygens (including phenoxy) is 6. The number of esters is 2. The minimum Gasteiger partial charge on any atom is -0.494 e. The van der Waals surface area contributed by atoms with Crippen molar-refractivity contribution in [3.63, 3.8) is 0 Å². The molecule has 0 aliphatic heterocycles. The summed E-state index contributed by atoms with van der Waals surface area (Å²) in [7, 11) is 5.37. The Balaban J connectivity index is 1.94. The van der Waals surface area contributed by atoms with Crippen molar-refractivity contribution >= 4 is 11.9 Å². The van der Waals surface area contributed by atoms with Gasteiger partial charge in [-0.3, -0.25) is 4.98 Å². The molecule has 0 unspecified atom stereocenters. The fourth-order valence-electron chi connectivity index (χ4n) is 4.96. The molecule has 0 spiro atoms. The van der Waals surface area contributed by atoms with Crippen molar-refractivity contribution in [3.05, 3.63) is 74.9 Å². The van der Waals surface area contributed by atoms with Crippen molar-refractivity contribution in [1.29, 1.82) is 0 Å². The number of pyridine rings is 1. The van der Waals surface area contributed by atoms with Gasteiger partial charge in [0.15, 0.2) is 23.0 Å². The first-order valence-electron chi connectivity index (χ1n) is 11.7. The van der Waals surface area contributed by atoms with Gasteiger partial charge in [0.05, 0.1) is 39.6 Å². The number of aliphatic hydroxyl groups is 2. The monoisotopic (exact) mass is 531 g/mol. The van der Waals surface area contributed by atoms with Crippen molar-refractivity contribution in [2.75, 3.05) is 28.4 Å². The lowest BCUT2D eigenvalue weighted by Gasteiger charge is -2.35. The Morgan fingerprint density at radius 2 is 0.947 bits per heavy atom. The number of aromatic nitrogens is 1. The van der Waals surface area contributed by atoms with Crippen molar-refractivity contribution < 1.29 is 48.2 Å². The maximum Gasteiger partial charge on any atom is 0.342 e. The summed E-state index contributed by atoms with van der Waals surface area (Å²) in [6.45, 7) is 6.93. The molecule has 0 fully saturated rings. The van der Waals surface area contributed by atoms with Gasteiger partial charge in [-0.05, 0) is 68.9 Å². The standard InChI is InChI=1S/C27H33NO10/c1-14-9-15(2)21(34-6)26(31,20(14)33-5)37-24(29)18-11-19(13-28-12-18)25(30)38-27(32)22(35-7)16(3)10-17(4)23(27)36-8/h11-13,31-32H,9-10H2,1-8H3. The van der Waals surface area contributed by atoms with E-state index in [0.717, 1.165) is 18.5 Å². The zero-order chi connectivity index (χ0) is 28.4. The Morgan fingerprint density at radius 3 is 1.21 bits per heavy atom. The quantitative estimate of drug-likeness (QED) is 0.377. The first-order valence-corrected chi connectivity index (χ1v) is 11.7. The van der Waals surface area contributed by atoms with Gasteiger partial charge < -0.3 is 38.6 Å². The molecule has 3 rings (SSSR count). The van der Waals surface area contributed by atoms with E-state index < -0.39 is 23.5 Å². The van der Waals surface area contributed by atoms with Crippen LogP contribution in [0.1, 0.15) is 61.3 Å². The van der Waals surface area contributed by atoms with Crippen LogP contribution in [0.5, 0.6) is 0 Å². The average Bonchev–Trinajstić information content (AvgIpc) is 2.84. The third-order valence-electron chi connectivity index (χ3n) is 6.35. The summed E-state index contributed by atoms with van der Waals surface area (Å²) >= 11 is 0. The Kier molecular flexibility index (Phi) is 8.23. The largest absolute Gasteiger partial charge is 0.494 e. The van der Waals surface area contributed by atoms with Crippen LogP contribution in [0, 0.1) is 0 Å². The van der Waals surface area contributed by atoms with Gasteiger partial charge in [-0.1, -0.05) is 0 Å². The molecule has 1 aromatic heterocycles. The van der Waals surface area contributed by atoms with Crippen LogP contribution in [0.4, 0.5) is 0 Å². The topological polar surface area (TPSA) is 143 Å². The zero-order valence-corrected chi connectivity index (χ0v) is 22.8. The molecular formula is C27H33NO10. The minimum atomic E-state index is -2.33. The maximum atomic E-state index is 13.1. The number of carbonyl (C=O) groups excluding carboxylic acids is 2.